The van der Waals surface area contributed by atoms with Gasteiger partial charge in [0.2, 0.25) is 0 Å². The van der Waals surface area contributed by atoms with Gasteiger partial charge in [-0.15, -0.1) is 0 Å². The van der Waals surface area contributed by atoms with Gasteiger partial charge < -0.3 is 10.1 Å². The monoisotopic (exact) mass is 277 g/mol. The summed E-state index contributed by atoms with van der Waals surface area (Å²) < 4.78 is 5.83. The average Bonchev–Trinajstić information content (AvgIpc) is 2.40. The lowest BCUT2D eigenvalue weighted by Crippen LogP contribution is -2.41. The van der Waals surface area contributed by atoms with Crippen LogP contribution in [0.25, 0.3) is 0 Å². The Morgan fingerprint density at radius 1 is 1.25 bits per heavy atom. The molecule has 2 atom stereocenters. The van der Waals surface area contributed by atoms with E-state index < -0.39 is 6.10 Å². The Bertz CT molecular complexity index is 454. The molecule has 1 N–H and O–H groups in total. The van der Waals surface area contributed by atoms with Gasteiger partial charge in [-0.05, 0) is 50.3 Å². The second-order valence-corrected chi connectivity index (χ2v) is 5.76. The molecule has 20 heavy (non-hydrogen) atoms. The van der Waals surface area contributed by atoms with E-state index in [9.17, 15) is 4.79 Å². The van der Waals surface area contributed by atoms with Crippen LogP contribution in [0.4, 0.5) is 0 Å². The highest BCUT2D eigenvalue weighted by molar-refractivity contribution is 5.81. The second kappa shape index (κ2) is 7.32. The van der Waals surface area contributed by atoms with E-state index in [-0.39, 0.29) is 11.9 Å². The summed E-state index contributed by atoms with van der Waals surface area (Å²) in [4.78, 5) is 12.0. The lowest BCUT2D eigenvalue weighted by atomic mass is 10.0. The van der Waals surface area contributed by atoms with E-state index in [4.69, 9.17) is 4.74 Å². The summed E-state index contributed by atoms with van der Waals surface area (Å²) in [7, 11) is 0. The third-order valence-corrected chi connectivity index (χ3v) is 3.55. The molecule has 1 rings (SSSR count). The van der Waals surface area contributed by atoms with Crippen molar-refractivity contribution >= 4 is 5.91 Å². The molecule has 1 amide bonds. The summed E-state index contributed by atoms with van der Waals surface area (Å²) >= 11 is 0. The van der Waals surface area contributed by atoms with Gasteiger partial charge in [0, 0.05) is 6.04 Å². The van der Waals surface area contributed by atoms with E-state index in [0.29, 0.717) is 5.92 Å². The van der Waals surface area contributed by atoms with Crippen molar-refractivity contribution in [1.82, 2.24) is 5.32 Å². The molecule has 0 fully saturated rings. The highest BCUT2D eigenvalue weighted by atomic mass is 16.5. The Kier molecular flexibility index (Phi) is 6.05. The van der Waals surface area contributed by atoms with Crippen LogP contribution in [-0.2, 0) is 4.79 Å². The van der Waals surface area contributed by atoms with Crippen LogP contribution in [0.15, 0.2) is 18.2 Å². The Hall–Kier alpha value is -1.51. The fourth-order valence-electron chi connectivity index (χ4n) is 1.81. The Labute approximate surface area is 122 Å². The van der Waals surface area contributed by atoms with Crippen LogP contribution in [0.5, 0.6) is 5.75 Å². The van der Waals surface area contributed by atoms with Crippen LogP contribution >= 0.6 is 0 Å². The van der Waals surface area contributed by atoms with Crippen molar-refractivity contribution in [1.29, 1.82) is 0 Å². The molecular formula is C17H27NO2. The average molecular weight is 277 g/mol. The number of rotatable bonds is 6. The van der Waals surface area contributed by atoms with Crippen molar-refractivity contribution in [2.75, 3.05) is 0 Å². The first kappa shape index (κ1) is 16.5. The molecule has 0 spiro atoms. The van der Waals surface area contributed by atoms with Crippen molar-refractivity contribution < 1.29 is 9.53 Å². The molecule has 1 aromatic rings. The van der Waals surface area contributed by atoms with E-state index >= 15 is 0 Å². The number of hydrogen-bond donors (Lipinski definition) is 1. The Balaban J connectivity index is 2.77. The largest absolute Gasteiger partial charge is 0.481 e. The second-order valence-electron chi connectivity index (χ2n) is 5.76. The van der Waals surface area contributed by atoms with Gasteiger partial charge >= 0.3 is 0 Å². The third-order valence-electron chi connectivity index (χ3n) is 3.55. The molecule has 0 aliphatic heterocycles. The van der Waals surface area contributed by atoms with Crippen molar-refractivity contribution in [2.45, 2.75) is 66.0 Å². The van der Waals surface area contributed by atoms with Gasteiger partial charge in [0.25, 0.3) is 5.91 Å². The zero-order valence-corrected chi connectivity index (χ0v) is 13.5. The molecule has 0 aromatic heterocycles. The van der Waals surface area contributed by atoms with Gasteiger partial charge in [0.05, 0.1) is 0 Å². The SMILES string of the molecule is CCC(C)NC(=O)C(C)Oc1cc(C(C)C)ccc1C. The first-order chi connectivity index (χ1) is 9.35. The predicted octanol–water partition coefficient (Wildman–Crippen LogP) is 3.80. The highest BCUT2D eigenvalue weighted by Crippen LogP contribution is 2.25. The minimum absolute atomic E-state index is 0.0614. The summed E-state index contributed by atoms with van der Waals surface area (Å²) in [5, 5.41) is 2.94. The zero-order chi connectivity index (χ0) is 15.3. The fraction of sp³-hybridized carbons (Fsp3) is 0.588. The van der Waals surface area contributed by atoms with Gasteiger partial charge in [-0.25, -0.2) is 0 Å². The van der Waals surface area contributed by atoms with Crippen LogP contribution in [-0.4, -0.2) is 18.1 Å². The third kappa shape index (κ3) is 4.55. The maximum atomic E-state index is 12.0. The summed E-state index contributed by atoms with van der Waals surface area (Å²) in [5.41, 5.74) is 2.28. The maximum Gasteiger partial charge on any atom is 0.260 e. The minimum Gasteiger partial charge on any atom is -0.481 e. The number of benzene rings is 1. The molecule has 0 aliphatic rings. The van der Waals surface area contributed by atoms with Crippen molar-refractivity contribution in [3.63, 3.8) is 0 Å². The first-order valence-corrected chi connectivity index (χ1v) is 7.42. The number of nitrogens with one attached hydrogen (secondary N) is 1. The quantitative estimate of drug-likeness (QED) is 0.859. The molecule has 0 bridgehead atoms. The number of ether oxygens (including phenoxy) is 1. The van der Waals surface area contributed by atoms with E-state index in [2.05, 4.69) is 25.2 Å². The molecule has 3 heteroatoms. The van der Waals surface area contributed by atoms with E-state index in [0.717, 1.165) is 17.7 Å². The molecule has 2 unspecified atom stereocenters. The summed E-state index contributed by atoms with van der Waals surface area (Å²) in [6.45, 7) is 12.1. The number of carbonyl (C=O) groups excluding carboxylic acids is 1. The lowest BCUT2D eigenvalue weighted by Gasteiger charge is -2.19. The van der Waals surface area contributed by atoms with Gasteiger partial charge in [-0.3, -0.25) is 4.79 Å². The number of aryl methyl sites for hydroxylation is 1. The molecule has 3 nitrogen and oxygen atoms in total. The zero-order valence-electron chi connectivity index (χ0n) is 13.5. The number of amides is 1. The topological polar surface area (TPSA) is 38.3 Å². The highest BCUT2D eigenvalue weighted by Gasteiger charge is 2.17. The van der Waals surface area contributed by atoms with Crippen molar-refractivity contribution in [3.8, 4) is 5.75 Å². The van der Waals surface area contributed by atoms with Crippen molar-refractivity contribution in [2.24, 2.45) is 0 Å². The molecular weight excluding hydrogens is 250 g/mol. The molecule has 112 valence electrons. The van der Waals surface area contributed by atoms with Gasteiger partial charge in [0.15, 0.2) is 6.10 Å². The van der Waals surface area contributed by atoms with Crippen LogP contribution < -0.4 is 10.1 Å². The Morgan fingerprint density at radius 3 is 2.45 bits per heavy atom. The normalized spacial score (nSPS) is 13.9. The minimum atomic E-state index is -0.481. The van der Waals surface area contributed by atoms with E-state index in [1.807, 2.05) is 32.9 Å². The molecule has 0 radical (unpaired) electrons. The number of carbonyl (C=O) groups is 1. The standard InChI is InChI=1S/C17H27NO2/c1-7-13(5)18-17(19)14(6)20-16-10-15(11(2)3)9-8-12(16)4/h8-11,13-14H,7H2,1-6H3,(H,18,19). The summed E-state index contributed by atoms with van der Waals surface area (Å²) in [5.74, 6) is 1.18. The van der Waals surface area contributed by atoms with Gasteiger partial charge in [-0.1, -0.05) is 32.9 Å². The lowest BCUT2D eigenvalue weighted by molar-refractivity contribution is -0.127. The van der Waals surface area contributed by atoms with Crippen LogP contribution in [0.3, 0.4) is 0 Å². The number of hydrogen-bond acceptors (Lipinski definition) is 2. The van der Waals surface area contributed by atoms with Crippen molar-refractivity contribution in [3.05, 3.63) is 29.3 Å². The van der Waals surface area contributed by atoms with Gasteiger partial charge in [0.1, 0.15) is 5.75 Å². The van der Waals surface area contributed by atoms with E-state index in [1.54, 1.807) is 6.92 Å². The summed E-state index contributed by atoms with van der Waals surface area (Å²) in [6, 6.07) is 6.37. The molecule has 0 saturated carbocycles. The summed E-state index contributed by atoms with van der Waals surface area (Å²) in [6.07, 6.45) is 0.436. The van der Waals surface area contributed by atoms with Crippen LogP contribution in [0.1, 0.15) is 58.1 Å². The fourth-order valence-corrected chi connectivity index (χ4v) is 1.81. The van der Waals surface area contributed by atoms with Crippen LogP contribution in [0, 0.1) is 6.92 Å². The maximum absolute atomic E-state index is 12.0. The predicted molar refractivity (Wildman–Crippen MR) is 83.3 cm³/mol. The Morgan fingerprint density at radius 2 is 1.90 bits per heavy atom. The molecule has 0 aliphatic carbocycles. The molecule has 0 heterocycles. The first-order valence-electron chi connectivity index (χ1n) is 7.42. The van der Waals surface area contributed by atoms with E-state index in [1.165, 1.54) is 5.56 Å². The van der Waals surface area contributed by atoms with Gasteiger partial charge in [-0.2, -0.15) is 0 Å². The smallest absolute Gasteiger partial charge is 0.260 e. The molecule has 1 aromatic carbocycles. The van der Waals surface area contributed by atoms with Crippen LogP contribution in [0.2, 0.25) is 0 Å². The molecule has 0 saturated heterocycles.